The highest BCUT2D eigenvalue weighted by atomic mass is 127. The number of nitrogens with zero attached hydrogens (tertiary/aromatic N) is 2. The first-order chi connectivity index (χ1) is 11.1. The molecule has 0 saturated heterocycles. The van der Waals surface area contributed by atoms with Crippen LogP contribution in [-0.2, 0) is 4.74 Å². The van der Waals surface area contributed by atoms with Crippen LogP contribution in [0.25, 0.3) is 0 Å². The highest BCUT2D eigenvalue weighted by molar-refractivity contribution is 14.0. The van der Waals surface area contributed by atoms with Crippen molar-refractivity contribution in [3.63, 3.8) is 0 Å². The summed E-state index contributed by atoms with van der Waals surface area (Å²) < 4.78 is 5.53. The normalized spacial score (nSPS) is 25.8. The van der Waals surface area contributed by atoms with Crippen molar-refractivity contribution in [1.29, 1.82) is 0 Å². The van der Waals surface area contributed by atoms with E-state index in [1.54, 1.807) is 0 Å². The van der Waals surface area contributed by atoms with Crippen molar-refractivity contribution >= 4 is 29.9 Å². The Bertz CT molecular complexity index is 377. The lowest BCUT2D eigenvalue weighted by Crippen LogP contribution is -2.43. The van der Waals surface area contributed by atoms with Gasteiger partial charge in [0.1, 0.15) is 0 Å². The van der Waals surface area contributed by atoms with E-state index in [-0.39, 0.29) is 24.0 Å². The summed E-state index contributed by atoms with van der Waals surface area (Å²) in [4.78, 5) is 6.83. The average molecular weight is 451 g/mol. The molecule has 2 fully saturated rings. The molecule has 0 aromatic heterocycles. The molecule has 5 heteroatoms. The van der Waals surface area contributed by atoms with E-state index in [9.17, 15) is 0 Å². The summed E-state index contributed by atoms with van der Waals surface area (Å²) in [5, 5.41) is 3.62. The third-order valence-corrected chi connectivity index (χ3v) is 5.80. The maximum atomic E-state index is 5.53. The van der Waals surface area contributed by atoms with Crippen LogP contribution in [-0.4, -0.2) is 51.3 Å². The molecule has 2 aliphatic rings. The van der Waals surface area contributed by atoms with Gasteiger partial charge in [-0.2, -0.15) is 0 Å². The van der Waals surface area contributed by atoms with Crippen LogP contribution < -0.4 is 5.32 Å². The average Bonchev–Trinajstić information content (AvgIpc) is 3.31. The summed E-state index contributed by atoms with van der Waals surface area (Å²) in [5.74, 6) is 2.82. The first-order valence-corrected chi connectivity index (χ1v) is 9.58. The molecule has 0 spiro atoms. The van der Waals surface area contributed by atoms with Crippen molar-refractivity contribution < 1.29 is 4.74 Å². The van der Waals surface area contributed by atoms with Crippen LogP contribution in [0.2, 0.25) is 0 Å². The fourth-order valence-corrected chi connectivity index (χ4v) is 3.76. The van der Waals surface area contributed by atoms with Gasteiger partial charge in [-0.05, 0) is 56.3 Å². The Labute approximate surface area is 166 Å². The molecule has 2 saturated carbocycles. The van der Waals surface area contributed by atoms with Gasteiger partial charge in [-0.3, -0.25) is 4.99 Å². The number of hydrogen-bond donors (Lipinski definition) is 1. The molecule has 0 aromatic carbocycles. The van der Waals surface area contributed by atoms with Gasteiger partial charge in [0.05, 0.1) is 0 Å². The molecule has 0 atom stereocenters. The van der Waals surface area contributed by atoms with Gasteiger partial charge in [-0.25, -0.2) is 0 Å². The maximum Gasteiger partial charge on any atom is 0.193 e. The Kier molecular flexibility index (Phi) is 9.94. The second kappa shape index (κ2) is 10.8. The fraction of sp³-hybridized carbons (Fsp3) is 0.947. The Hall–Kier alpha value is -0.0400. The van der Waals surface area contributed by atoms with Gasteiger partial charge in [-0.15, -0.1) is 24.0 Å². The number of guanidine groups is 1. The molecule has 0 aromatic rings. The molecule has 2 rings (SSSR count). The van der Waals surface area contributed by atoms with E-state index >= 15 is 0 Å². The summed E-state index contributed by atoms with van der Waals surface area (Å²) in [6.45, 7) is 8.36. The fourth-order valence-electron chi connectivity index (χ4n) is 3.76. The molecule has 0 aliphatic heterocycles. The maximum absolute atomic E-state index is 5.53. The zero-order valence-corrected chi connectivity index (χ0v) is 18.5. The Balaban J connectivity index is 0.00000288. The number of nitrogens with one attached hydrogen (secondary N) is 1. The first kappa shape index (κ1) is 22.0. The van der Waals surface area contributed by atoms with Gasteiger partial charge in [0.2, 0.25) is 0 Å². The smallest absolute Gasteiger partial charge is 0.193 e. The number of halogens is 1. The predicted molar refractivity (Wildman–Crippen MR) is 113 cm³/mol. The van der Waals surface area contributed by atoms with Crippen molar-refractivity contribution in [1.82, 2.24) is 10.2 Å². The number of aliphatic imine (C=N–C) groups is 1. The molecule has 0 unspecified atom stereocenters. The quantitative estimate of drug-likeness (QED) is 0.261. The second-order valence-corrected chi connectivity index (χ2v) is 7.85. The molecule has 1 N–H and O–H groups in total. The van der Waals surface area contributed by atoms with E-state index in [2.05, 4.69) is 36.1 Å². The van der Waals surface area contributed by atoms with E-state index < -0.39 is 0 Å². The van der Waals surface area contributed by atoms with Crippen LogP contribution in [0.1, 0.15) is 58.8 Å². The Morgan fingerprint density at radius 3 is 2.46 bits per heavy atom. The molecular weight excluding hydrogens is 413 g/mol. The molecule has 4 nitrogen and oxygen atoms in total. The first-order valence-electron chi connectivity index (χ1n) is 9.58. The SMILES string of the molecule is CCOCCC1(CNC(=NC)N(C)CC2CCC(C)CC2)CC1.I. The summed E-state index contributed by atoms with van der Waals surface area (Å²) in [7, 11) is 4.09. The minimum atomic E-state index is 0. The lowest BCUT2D eigenvalue weighted by molar-refractivity contribution is 0.128. The molecule has 142 valence electrons. The van der Waals surface area contributed by atoms with Crippen LogP contribution in [0.15, 0.2) is 4.99 Å². The van der Waals surface area contributed by atoms with E-state index in [0.717, 1.165) is 44.1 Å². The van der Waals surface area contributed by atoms with E-state index in [4.69, 9.17) is 4.74 Å². The van der Waals surface area contributed by atoms with Gasteiger partial charge in [0, 0.05) is 40.4 Å². The predicted octanol–water partition coefficient (Wildman–Crippen LogP) is 4.14. The summed E-state index contributed by atoms with van der Waals surface area (Å²) >= 11 is 0. The zero-order valence-electron chi connectivity index (χ0n) is 16.1. The van der Waals surface area contributed by atoms with E-state index in [1.807, 2.05) is 7.05 Å². The van der Waals surface area contributed by atoms with Gasteiger partial charge in [0.15, 0.2) is 5.96 Å². The lowest BCUT2D eigenvalue weighted by Gasteiger charge is -2.32. The minimum Gasteiger partial charge on any atom is -0.382 e. The highest BCUT2D eigenvalue weighted by Gasteiger charge is 2.42. The summed E-state index contributed by atoms with van der Waals surface area (Å²) in [5.41, 5.74) is 0.465. The van der Waals surface area contributed by atoms with Crippen LogP contribution in [0, 0.1) is 17.3 Å². The van der Waals surface area contributed by atoms with Gasteiger partial charge in [0.25, 0.3) is 0 Å². The van der Waals surface area contributed by atoms with Crippen molar-refractivity contribution in [2.24, 2.45) is 22.2 Å². The van der Waals surface area contributed by atoms with Crippen LogP contribution >= 0.6 is 24.0 Å². The third kappa shape index (κ3) is 7.06. The van der Waals surface area contributed by atoms with Crippen molar-refractivity contribution in [3.05, 3.63) is 0 Å². The molecule has 0 radical (unpaired) electrons. The monoisotopic (exact) mass is 451 g/mol. The molecule has 0 amide bonds. The number of ether oxygens (including phenoxy) is 1. The Morgan fingerprint density at radius 1 is 1.25 bits per heavy atom. The molecule has 0 bridgehead atoms. The van der Waals surface area contributed by atoms with Crippen molar-refractivity contribution in [2.75, 3.05) is 40.4 Å². The van der Waals surface area contributed by atoms with Gasteiger partial charge >= 0.3 is 0 Å². The molecule has 24 heavy (non-hydrogen) atoms. The third-order valence-electron chi connectivity index (χ3n) is 5.80. The lowest BCUT2D eigenvalue weighted by atomic mass is 9.83. The topological polar surface area (TPSA) is 36.9 Å². The molecule has 2 aliphatic carbocycles. The van der Waals surface area contributed by atoms with Gasteiger partial charge in [-0.1, -0.05) is 19.8 Å². The molecule has 0 heterocycles. The van der Waals surface area contributed by atoms with Crippen LogP contribution in [0.5, 0.6) is 0 Å². The van der Waals surface area contributed by atoms with E-state index in [1.165, 1.54) is 44.9 Å². The second-order valence-electron chi connectivity index (χ2n) is 7.85. The van der Waals surface area contributed by atoms with Crippen LogP contribution in [0.3, 0.4) is 0 Å². The number of rotatable bonds is 8. The van der Waals surface area contributed by atoms with Crippen LogP contribution in [0.4, 0.5) is 0 Å². The summed E-state index contributed by atoms with van der Waals surface area (Å²) in [6.07, 6.45) is 9.37. The van der Waals surface area contributed by atoms with Gasteiger partial charge < -0.3 is 15.0 Å². The van der Waals surface area contributed by atoms with E-state index in [0.29, 0.717) is 5.41 Å². The van der Waals surface area contributed by atoms with Crippen molar-refractivity contribution in [2.45, 2.75) is 58.8 Å². The Morgan fingerprint density at radius 2 is 1.92 bits per heavy atom. The molecular formula is C19H38IN3O. The highest BCUT2D eigenvalue weighted by Crippen LogP contribution is 2.48. The largest absolute Gasteiger partial charge is 0.382 e. The van der Waals surface area contributed by atoms with Crippen molar-refractivity contribution in [3.8, 4) is 0 Å². The zero-order chi connectivity index (χ0) is 16.7. The number of hydrogen-bond acceptors (Lipinski definition) is 2. The standard InChI is InChI=1S/C19H37N3O.HI/c1-5-23-13-12-19(10-11-19)15-21-18(20-3)22(4)14-17-8-6-16(2)7-9-17;/h16-17H,5-15H2,1-4H3,(H,20,21);1H. The minimum absolute atomic E-state index is 0. The summed E-state index contributed by atoms with van der Waals surface area (Å²) in [6, 6.07) is 0.